The SMILES string of the molecule is CC(=O)NC(=O)N(NC(N)=O)n1c(=O)c1=O. The van der Waals surface area contributed by atoms with Crippen LogP contribution in [0.2, 0.25) is 0 Å². The van der Waals surface area contributed by atoms with Crippen LogP contribution in [-0.4, -0.2) is 22.6 Å². The predicted molar refractivity (Wildman–Crippen MR) is 49.5 cm³/mol. The number of rotatable bonds is 1. The van der Waals surface area contributed by atoms with Crippen molar-refractivity contribution in [3.8, 4) is 0 Å². The number of imide groups is 1. The third kappa shape index (κ3) is 2.23. The molecule has 10 nitrogen and oxygen atoms in total. The van der Waals surface area contributed by atoms with E-state index >= 15 is 0 Å². The van der Waals surface area contributed by atoms with Crippen LogP contribution in [0.4, 0.5) is 9.59 Å². The van der Waals surface area contributed by atoms with Gasteiger partial charge in [0.15, 0.2) is 0 Å². The minimum atomic E-state index is -1.18. The van der Waals surface area contributed by atoms with E-state index in [9.17, 15) is 24.0 Å². The summed E-state index contributed by atoms with van der Waals surface area (Å²) in [6.45, 7) is 1.03. The number of nitrogens with two attached hydrogens (primary N) is 1. The second-order valence-electron chi connectivity index (χ2n) is 2.70. The van der Waals surface area contributed by atoms with Crippen molar-refractivity contribution in [2.75, 3.05) is 5.12 Å². The molecule has 0 saturated carbocycles. The van der Waals surface area contributed by atoms with Crippen molar-refractivity contribution in [1.29, 1.82) is 0 Å². The molecule has 5 amide bonds. The van der Waals surface area contributed by atoms with E-state index in [0.29, 0.717) is 4.68 Å². The number of carbonyl (C=O) groups is 3. The molecule has 0 unspecified atom stereocenters. The smallest absolute Gasteiger partial charge is 0.350 e. The first-order chi connectivity index (χ1) is 7.34. The third-order valence-corrected chi connectivity index (χ3v) is 1.41. The highest BCUT2D eigenvalue weighted by atomic mass is 16.2. The standard InChI is InChI=1S/C6H7N5O5/c1-2(12)8-6(16)11(9-5(7)15)10-3(13)4(10)14/h1H3,(H3,7,9,15)(H,8,12,16). The van der Waals surface area contributed by atoms with E-state index in [-0.39, 0.29) is 5.12 Å². The lowest BCUT2D eigenvalue weighted by atomic mass is 10.7. The number of nitrogens with one attached hydrogen (secondary N) is 2. The maximum Gasteiger partial charge on any atom is 0.363 e. The van der Waals surface area contributed by atoms with E-state index in [2.05, 4.69) is 0 Å². The van der Waals surface area contributed by atoms with Gasteiger partial charge in [-0.15, -0.1) is 9.79 Å². The molecule has 1 heterocycles. The van der Waals surface area contributed by atoms with E-state index in [1.807, 2.05) is 0 Å². The van der Waals surface area contributed by atoms with Gasteiger partial charge in [-0.2, -0.15) is 0 Å². The Kier molecular flexibility index (Phi) is 2.74. The zero-order valence-corrected chi connectivity index (χ0v) is 8.01. The number of aromatic nitrogens is 1. The lowest BCUT2D eigenvalue weighted by Crippen LogP contribution is -2.58. The summed E-state index contributed by atoms with van der Waals surface area (Å²) in [4.78, 5) is 53.7. The summed E-state index contributed by atoms with van der Waals surface area (Å²) in [5.74, 6) is -0.733. The van der Waals surface area contributed by atoms with Gasteiger partial charge in [0.25, 0.3) is 0 Å². The van der Waals surface area contributed by atoms with Crippen molar-refractivity contribution in [2.24, 2.45) is 5.73 Å². The quantitative estimate of drug-likeness (QED) is 0.344. The molecule has 0 spiro atoms. The molecule has 0 saturated heterocycles. The summed E-state index contributed by atoms with van der Waals surface area (Å²) in [7, 11) is 0. The molecule has 0 atom stereocenters. The number of nitrogens with zero attached hydrogens (tertiary/aromatic N) is 2. The number of primary amides is 1. The van der Waals surface area contributed by atoms with Crippen LogP contribution >= 0.6 is 0 Å². The molecule has 10 heteroatoms. The van der Waals surface area contributed by atoms with Gasteiger partial charge < -0.3 is 5.73 Å². The predicted octanol–water partition coefficient (Wildman–Crippen LogP) is -3.14. The van der Waals surface area contributed by atoms with Gasteiger partial charge in [-0.05, 0) is 0 Å². The number of amides is 5. The summed E-state index contributed by atoms with van der Waals surface area (Å²) in [6, 6.07) is -2.35. The van der Waals surface area contributed by atoms with Gasteiger partial charge in [0.2, 0.25) is 5.91 Å². The Morgan fingerprint density at radius 3 is 2.06 bits per heavy atom. The molecule has 86 valence electrons. The fraction of sp³-hybridized carbons (Fsp3) is 0.167. The molecular formula is C6H7N5O5. The highest BCUT2D eigenvalue weighted by molar-refractivity contribution is 5.99. The van der Waals surface area contributed by atoms with Crippen molar-refractivity contribution in [3.05, 3.63) is 20.7 Å². The average Bonchev–Trinajstić information content (AvgIpc) is 2.69. The Bertz CT molecular complexity index is 498. The first-order valence-corrected chi connectivity index (χ1v) is 3.90. The Morgan fingerprint density at radius 2 is 1.75 bits per heavy atom. The van der Waals surface area contributed by atoms with Gasteiger partial charge in [-0.25, -0.2) is 15.0 Å². The van der Waals surface area contributed by atoms with Crippen LogP contribution in [0.15, 0.2) is 9.59 Å². The molecule has 1 aromatic heterocycles. The molecule has 1 aromatic rings. The van der Waals surface area contributed by atoms with Gasteiger partial charge in [0.1, 0.15) is 0 Å². The number of hydrazine groups is 1. The van der Waals surface area contributed by atoms with Gasteiger partial charge in [-0.1, -0.05) is 0 Å². The van der Waals surface area contributed by atoms with Gasteiger partial charge in [0, 0.05) is 6.92 Å². The van der Waals surface area contributed by atoms with Crippen LogP contribution in [0.1, 0.15) is 6.92 Å². The molecule has 0 fully saturated rings. The second-order valence-corrected chi connectivity index (χ2v) is 2.70. The minimum Gasteiger partial charge on any atom is -0.350 e. The van der Waals surface area contributed by atoms with E-state index in [1.54, 1.807) is 10.7 Å². The first kappa shape index (κ1) is 11.4. The molecule has 16 heavy (non-hydrogen) atoms. The van der Waals surface area contributed by atoms with Crippen molar-refractivity contribution in [3.63, 3.8) is 0 Å². The Labute approximate surface area is 87.2 Å². The summed E-state index contributed by atoms with van der Waals surface area (Å²) in [6.07, 6.45) is 0. The van der Waals surface area contributed by atoms with Crippen LogP contribution in [0.3, 0.4) is 0 Å². The molecule has 0 aliphatic heterocycles. The van der Waals surface area contributed by atoms with E-state index in [4.69, 9.17) is 5.73 Å². The normalized spacial score (nSPS) is 9.81. The lowest BCUT2D eigenvalue weighted by Gasteiger charge is -2.17. The number of hydrogen-bond acceptors (Lipinski definition) is 5. The van der Waals surface area contributed by atoms with Crippen molar-refractivity contribution in [2.45, 2.75) is 6.92 Å². The lowest BCUT2D eigenvalue weighted by molar-refractivity contribution is -0.117. The van der Waals surface area contributed by atoms with Crippen molar-refractivity contribution >= 4 is 18.0 Å². The van der Waals surface area contributed by atoms with Crippen LogP contribution in [0.25, 0.3) is 0 Å². The van der Waals surface area contributed by atoms with Crippen LogP contribution in [-0.2, 0) is 4.79 Å². The van der Waals surface area contributed by atoms with Gasteiger partial charge in [-0.3, -0.25) is 19.7 Å². The molecule has 0 radical (unpaired) electrons. The maximum atomic E-state index is 11.2. The van der Waals surface area contributed by atoms with E-state index < -0.39 is 29.1 Å². The van der Waals surface area contributed by atoms with Crippen molar-refractivity contribution in [1.82, 2.24) is 15.4 Å². The summed E-state index contributed by atoms with van der Waals surface area (Å²) >= 11 is 0. The van der Waals surface area contributed by atoms with Crippen LogP contribution in [0, 0.1) is 0 Å². The van der Waals surface area contributed by atoms with Crippen molar-refractivity contribution < 1.29 is 14.4 Å². The summed E-state index contributed by atoms with van der Waals surface area (Å²) in [5, 5.41) is 1.96. The highest BCUT2D eigenvalue weighted by Gasteiger charge is 2.29. The fourth-order valence-corrected chi connectivity index (χ4v) is 0.809. The van der Waals surface area contributed by atoms with E-state index in [0.717, 1.165) is 6.92 Å². The van der Waals surface area contributed by atoms with E-state index in [1.165, 1.54) is 0 Å². The first-order valence-electron chi connectivity index (χ1n) is 3.90. The van der Waals surface area contributed by atoms with Gasteiger partial charge in [0.05, 0.1) is 0 Å². The topological polar surface area (TPSA) is 144 Å². The van der Waals surface area contributed by atoms with Crippen LogP contribution < -0.4 is 32.7 Å². The Hall–Kier alpha value is -2.65. The maximum absolute atomic E-state index is 11.2. The zero-order valence-electron chi connectivity index (χ0n) is 8.01. The van der Waals surface area contributed by atoms with Gasteiger partial charge >= 0.3 is 23.2 Å². The van der Waals surface area contributed by atoms with Crippen LogP contribution in [0.5, 0.6) is 0 Å². The molecule has 4 N–H and O–H groups in total. The monoisotopic (exact) mass is 229 g/mol. The highest BCUT2D eigenvalue weighted by Crippen LogP contribution is 1.82. The number of carbonyl (C=O) groups excluding carboxylic acids is 3. The Morgan fingerprint density at radius 1 is 1.25 bits per heavy atom. The fourth-order valence-electron chi connectivity index (χ4n) is 0.809. The second kappa shape index (κ2) is 3.84. The Balaban J connectivity index is 2.89. The zero-order chi connectivity index (χ0) is 12.5. The molecule has 0 aromatic carbocycles. The largest absolute Gasteiger partial charge is 0.363 e. The number of urea groups is 2. The molecule has 0 aliphatic carbocycles. The summed E-state index contributed by atoms with van der Waals surface area (Å²) in [5.41, 5.74) is 4.40. The third-order valence-electron chi connectivity index (χ3n) is 1.41. The minimum absolute atomic E-state index is 0.217. The molecule has 0 aliphatic rings. The molecular weight excluding hydrogens is 222 g/mol. The summed E-state index contributed by atoms with van der Waals surface area (Å²) < 4.78 is 0.309. The molecule has 0 bridgehead atoms. The number of hydrogen-bond donors (Lipinski definition) is 3. The average molecular weight is 229 g/mol. The molecule has 1 rings (SSSR count).